The van der Waals surface area contributed by atoms with E-state index in [2.05, 4.69) is 45.2 Å². The Hall–Kier alpha value is -1.14. The SMILES string of the molecule is COc1cc(I)c([C@H]2CC(=O)N(c3c(C)ccn(CC(C)OC)c3=O)C2)c(I)c1. The number of aryl methyl sites for hydroxylation is 1. The first-order valence-electron chi connectivity index (χ1n) is 9.33. The van der Waals surface area contributed by atoms with Crippen LogP contribution in [0.3, 0.4) is 0 Å². The lowest BCUT2D eigenvalue weighted by molar-refractivity contribution is -0.117. The van der Waals surface area contributed by atoms with Crippen LogP contribution in [0.5, 0.6) is 5.75 Å². The van der Waals surface area contributed by atoms with Crippen LogP contribution in [0.4, 0.5) is 5.69 Å². The van der Waals surface area contributed by atoms with Crippen molar-refractivity contribution in [2.24, 2.45) is 0 Å². The van der Waals surface area contributed by atoms with E-state index < -0.39 is 0 Å². The number of ether oxygens (including phenoxy) is 2. The van der Waals surface area contributed by atoms with Crippen LogP contribution in [-0.2, 0) is 16.1 Å². The van der Waals surface area contributed by atoms with Gasteiger partial charge in [-0.1, -0.05) is 0 Å². The molecule has 0 aliphatic carbocycles. The fourth-order valence-corrected chi connectivity index (χ4v) is 6.25. The highest BCUT2D eigenvalue weighted by atomic mass is 127. The molecular formula is C21H24I2N2O4. The van der Waals surface area contributed by atoms with Gasteiger partial charge in [0, 0.05) is 39.3 Å². The summed E-state index contributed by atoms with van der Waals surface area (Å²) < 4.78 is 14.4. The van der Waals surface area contributed by atoms with Crippen LogP contribution in [0.1, 0.15) is 30.4 Å². The predicted molar refractivity (Wildman–Crippen MR) is 130 cm³/mol. The van der Waals surface area contributed by atoms with Gasteiger partial charge in [-0.3, -0.25) is 9.59 Å². The smallest absolute Gasteiger partial charge is 0.274 e. The van der Waals surface area contributed by atoms with E-state index in [-0.39, 0.29) is 23.5 Å². The Morgan fingerprint density at radius 2 is 1.86 bits per heavy atom. The van der Waals surface area contributed by atoms with Gasteiger partial charge in [0.25, 0.3) is 5.56 Å². The third kappa shape index (κ3) is 4.63. The van der Waals surface area contributed by atoms with Crippen molar-refractivity contribution in [2.45, 2.75) is 38.8 Å². The van der Waals surface area contributed by atoms with Gasteiger partial charge in [0.2, 0.25) is 5.91 Å². The van der Waals surface area contributed by atoms with E-state index in [1.54, 1.807) is 29.9 Å². The maximum absolute atomic E-state index is 13.1. The van der Waals surface area contributed by atoms with Crippen LogP contribution < -0.4 is 15.2 Å². The zero-order valence-electron chi connectivity index (χ0n) is 16.9. The first-order chi connectivity index (χ1) is 13.8. The van der Waals surface area contributed by atoms with Crippen LogP contribution in [0.15, 0.2) is 29.2 Å². The molecule has 1 aromatic carbocycles. The summed E-state index contributed by atoms with van der Waals surface area (Å²) in [6.45, 7) is 4.73. The summed E-state index contributed by atoms with van der Waals surface area (Å²) in [5, 5.41) is 0. The highest BCUT2D eigenvalue weighted by Crippen LogP contribution is 2.38. The highest BCUT2D eigenvalue weighted by Gasteiger charge is 2.36. The van der Waals surface area contributed by atoms with Crippen LogP contribution in [0.2, 0.25) is 0 Å². The molecular weight excluding hydrogens is 598 g/mol. The monoisotopic (exact) mass is 622 g/mol. The fraction of sp³-hybridized carbons (Fsp3) is 0.429. The van der Waals surface area contributed by atoms with Gasteiger partial charge >= 0.3 is 0 Å². The number of hydrogen-bond donors (Lipinski definition) is 0. The molecule has 29 heavy (non-hydrogen) atoms. The maximum atomic E-state index is 13.1. The standard InChI is InChI=1S/C21H24I2N2O4/c1-12-5-6-24(10-13(2)28-3)21(27)20(12)25-11-14(7-18(25)26)19-16(22)8-15(29-4)9-17(19)23/h5-6,8-9,13-14H,7,10-11H2,1-4H3/t13?,14-/m0/s1. The van der Waals surface area contributed by atoms with Gasteiger partial charge in [-0.05, 0) is 88.4 Å². The molecule has 8 heteroatoms. The third-order valence-electron chi connectivity index (χ3n) is 5.29. The average molecular weight is 622 g/mol. The predicted octanol–water partition coefficient (Wildman–Crippen LogP) is 3.93. The summed E-state index contributed by atoms with van der Waals surface area (Å²) in [6.07, 6.45) is 2.07. The quantitative estimate of drug-likeness (QED) is 0.459. The lowest BCUT2D eigenvalue weighted by atomic mass is 9.98. The summed E-state index contributed by atoms with van der Waals surface area (Å²) in [6, 6.07) is 5.86. The molecule has 0 spiro atoms. The number of aromatic nitrogens is 1. The Kier molecular flexibility index (Phi) is 7.26. The van der Waals surface area contributed by atoms with Crippen LogP contribution in [-0.4, -0.2) is 37.3 Å². The van der Waals surface area contributed by atoms with Crippen molar-refractivity contribution < 1.29 is 14.3 Å². The van der Waals surface area contributed by atoms with E-state index >= 15 is 0 Å². The molecule has 1 saturated heterocycles. The van der Waals surface area contributed by atoms with Gasteiger partial charge in [0.1, 0.15) is 11.4 Å². The van der Waals surface area contributed by atoms with E-state index in [4.69, 9.17) is 9.47 Å². The molecule has 6 nitrogen and oxygen atoms in total. The minimum atomic E-state index is -0.151. The number of anilines is 1. The molecule has 1 aliphatic heterocycles. The van der Waals surface area contributed by atoms with Gasteiger partial charge < -0.3 is 18.9 Å². The number of amides is 1. The van der Waals surface area contributed by atoms with Gasteiger partial charge in [0.15, 0.2) is 0 Å². The molecule has 3 rings (SSSR count). The normalized spacial score (nSPS) is 17.7. The van der Waals surface area contributed by atoms with Gasteiger partial charge in [-0.2, -0.15) is 0 Å². The molecule has 1 fully saturated rings. The molecule has 1 amide bonds. The Balaban J connectivity index is 1.96. The topological polar surface area (TPSA) is 60.8 Å². The van der Waals surface area contributed by atoms with Crippen LogP contribution in [0.25, 0.3) is 0 Å². The van der Waals surface area contributed by atoms with Gasteiger partial charge in [-0.15, -0.1) is 0 Å². The van der Waals surface area contributed by atoms with E-state index in [0.717, 1.165) is 24.0 Å². The molecule has 1 aromatic heterocycles. The number of carbonyl (C=O) groups excluding carboxylic acids is 1. The zero-order chi connectivity index (χ0) is 21.3. The second kappa shape index (κ2) is 9.34. The van der Waals surface area contributed by atoms with Crippen LogP contribution >= 0.6 is 45.2 Å². The molecule has 2 atom stereocenters. The molecule has 1 aliphatic rings. The van der Waals surface area contributed by atoms with Gasteiger partial charge in [-0.25, -0.2) is 0 Å². The Bertz CT molecular complexity index is 966. The minimum Gasteiger partial charge on any atom is -0.497 e. The van der Waals surface area contributed by atoms with Crippen molar-refractivity contribution >= 4 is 56.8 Å². The Labute approximate surface area is 197 Å². The fourth-order valence-electron chi connectivity index (χ4n) is 3.66. The summed E-state index contributed by atoms with van der Waals surface area (Å²) in [4.78, 5) is 27.7. The van der Waals surface area contributed by atoms with Crippen molar-refractivity contribution in [3.63, 3.8) is 0 Å². The molecule has 2 aromatic rings. The number of halogens is 2. The summed E-state index contributed by atoms with van der Waals surface area (Å²) in [7, 11) is 3.27. The van der Waals surface area contributed by atoms with Crippen molar-refractivity contribution in [3.05, 3.63) is 53.0 Å². The van der Waals surface area contributed by atoms with E-state index in [1.165, 1.54) is 0 Å². The molecule has 0 N–H and O–H groups in total. The Morgan fingerprint density at radius 3 is 2.45 bits per heavy atom. The summed E-state index contributed by atoms with van der Waals surface area (Å²) in [5.74, 6) is 0.825. The van der Waals surface area contributed by atoms with E-state index in [1.807, 2.05) is 32.0 Å². The van der Waals surface area contributed by atoms with Crippen LogP contribution in [0, 0.1) is 14.1 Å². The first-order valence-corrected chi connectivity index (χ1v) is 11.5. The Morgan fingerprint density at radius 1 is 1.21 bits per heavy atom. The molecule has 0 radical (unpaired) electrons. The maximum Gasteiger partial charge on any atom is 0.274 e. The number of methoxy groups -OCH3 is 2. The molecule has 0 saturated carbocycles. The van der Waals surface area contributed by atoms with Gasteiger partial charge in [0.05, 0.1) is 19.8 Å². The highest BCUT2D eigenvalue weighted by molar-refractivity contribution is 14.1. The first kappa shape index (κ1) is 22.5. The van der Waals surface area contributed by atoms with E-state index in [0.29, 0.717) is 25.2 Å². The van der Waals surface area contributed by atoms with Crippen molar-refractivity contribution in [1.82, 2.24) is 4.57 Å². The zero-order valence-corrected chi connectivity index (χ0v) is 21.2. The van der Waals surface area contributed by atoms with Crippen molar-refractivity contribution in [3.8, 4) is 5.75 Å². The minimum absolute atomic E-state index is 0.0184. The molecule has 2 heterocycles. The largest absolute Gasteiger partial charge is 0.497 e. The third-order valence-corrected chi connectivity index (χ3v) is 7.07. The number of carbonyl (C=O) groups is 1. The van der Waals surface area contributed by atoms with Crippen molar-refractivity contribution in [1.29, 1.82) is 0 Å². The number of nitrogens with zero attached hydrogens (tertiary/aromatic N) is 2. The second-order valence-electron chi connectivity index (χ2n) is 7.26. The number of rotatable bonds is 6. The number of benzene rings is 1. The lowest BCUT2D eigenvalue weighted by Crippen LogP contribution is -2.35. The molecule has 1 unspecified atom stereocenters. The lowest BCUT2D eigenvalue weighted by Gasteiger charge is -2.21. The summed E-state index contributed by atoms with van der Waals surface area (Å²) >= 11 is 4.59. The number of hydrogen-bond acceptors (Lipinski definition) is 4. The van der Waals surface area contributed by atoms with E-state index in [9.17, 15) is 9.59 Å². The summed E-state index contributed by atoms with van der Waals surface area (Å²) in [5.41, 5.74) is 2.28. The number of pyridine rings is 1. The second-order valence-corrected chi connectivity index (χ2v) is 9.59. The average Bonchev–Trinajstić information content (AvgIpc) is 3.04. The molecule has 0 bridgehead atoms. The molecule has 156 valence electrons. The van der Waals surface area contributed by atoms with Crippen molar-refractivity contribution in [2.75, 3.05) is 25.7 Å².